The molecule has 0 spiro atoms. The first kappa shape index (κ1) is 19.5. The van der Waals surface area contributed by atoms with Crippen molar-refractivity contribution in [2.45, 2.75) is 12.5 Å². The van der Waals surface area contributed by atoms with Gasteiger partial charge in [-0.3, -0.25) is 14.4 Å². The summed E-state index contributed by atoms with van der Waals surface area (Å²) in [6, 6.07) is 4.40. The molecule has 2 amide bonds. The Kier molecular flexibility index (Phi) is 6.79. The first-order valence-electron chi connectivity index (χ1n) is 8.19. The van der Waals surface area contributed by atoms with Crippen LogP contribution in [0.15, 0.2) is 18.2 Å². The Balaban J connectivity index is 2.03. The number of nitrogens with one attached hydrogen (secondary N) is 3. The average Bonchev–Trinajstić information content (AvgIpc) is 2.64. The maximum atomic E-state index is 12.4. The van der Waals surface area contributed by atoms with Crippen LogP contribution in [0.2, 0.25) is 0 Å². The summed E-state index contributed by atoms with van der Waals surface area (Å²) in [6.07, 6.45) is -0.0681. The van der Waals surface area contributed by atoms with Crippen molar-refractivity contribution in [3.8, 4) is 11.5 Å². The van der Waals surface area contributed by atoms with Gasteiger partial charge in [-0.1, -0.05) is 0 Å². The predicted molar refractivity (Wildman–Crippen MR) is 92.3 cm³/mol. The van der Waals surface area contributed by atoms with Gasteiger partial charge in [0, 0.05) is 11.8 Å². The number of hydrogen-bond donors (Lipinski definition) is 3. The number of anilines is 1. The minimum Gasteiger partial charge on any atom is -0.493 e. The van der Waals surface area contributed by atoms with E-state index in [1.54, 1.807) is 18.2 Å². The van der Waals surface area contributed by atoms with Crippen molar-refractivity contribution in [1.29, 1.82) is 0 Å². The Hall–Kier alpha value is -2.81. The summed E-state index contributed by atoms with van der Waals surface area (Å²) in [4.78, 5) is 36.7. The largest absolute Gasteiger partial charge is 0.493 e. The molecular weight excluding hydrogens is 342 g/mol. The Morgan fingerprint density at radius 1 is 1.23 bits per heavy atom. The van der Waals surface area contributed by atoms with Crippen LogP contribution < -0.4 is 25.0 Å². The number of esters is 1. The van der Waals surface area contributed by atoms with Crippen LogP contribution in [0, 0.1) is 0 Å². The van der Waals surface area contributed by atoms with E-state index in [0.717, 1.165) is 4.90 Å². The molecule has 3 N–H and O–H groups in total. The normalized spacial score (nSPS) is 19.3. The maximum Gasteiger partial charge on any atom is 0.312 e. The van der Waals surface area contributed by atoms with E-state index in [1.165, 1.54) is 21.3 Å². The van der Waals surface area contributed by atoms with E-state index in [-0.39, 0.29) is 24.8 Å². The lowest BCUT2D eigenvalue weighted by Crippen LogP contribution is -3.20. The van der Waals surface area contributed by atoms with Crippen molar-refractivity contribution in [1.82, 2.24) is 5.32 Å². The summed E-state index contributed by atoms with van der Waals surface area (Å²) < 4.78 is 15.0. The number of piperazine rings is 1. The number of amides is 2. The second-order valence-electron chi connectivity index (χ2n) is 5.83. The van der Waals surface area contributed by atoms with Crippen LogP contribution in [-0.2, 0) is 19.1 Å². The molecule has 1 aliphatic rings. The van der Waals surface area contributed by atoms with Gasteiger partial charge < -0.3 is 29.7 Å². The van der Waals surface area contributed by atoms with E-state index < -0.39 is 12.0 Å². The van der Waals surface area contributed by atoms with Crippen LogP contribution in [-0.4, -0.2) is 64.8 Å². The molecule has 142 valence electrons. The van der Waals surface area contributed by atoms with E-state index in [2.05, 4.69) is 15.4 Å². The highest BCUT2D eigenvalue weighted by Crippen LogP contribution is 2.29. The fourth-order valence-corrected chi connectivity index (χ4v) is 2.85. The molecule has 0 bridgehead atoms. The van der Waals surface area contributed by atoms with Crippen molar-refractivity contribution in [2.24, 2.45) is 0 Å². The molecular formula is C17H24N3O6+. The third-order valence-electron chi connectivity index (χ3n) is 4.21. The van der Waals surface area contributed by atoms with Crippen LogP contribution in [0.3, 0.4) is 0 Å². The molecule has 1 aromatic rings. The molecule has 1 aliphatic heterocycles. The number of hydrogen-bond acceptors (Lipinski definition) is 6. The second-order valence-corrected chi connectivity index (χ2v) is 5.83. The van der Waals surface area contributed by atoms with Crippen LogP contribution in [0.5, 0.6) is 11.5 Å². The zero-order chi connectivity index (χ0) is 19.1. The third kappa shape index (κ3) is 4.85. The molecule has 0 aromatic heterocycles. The summed E-state index contributed by atoms with van der Waals surface area (Å²) in [5.41, 5.74) is 0.554. The minimum absolute atomic E-state index is 0.0590. The number of rotatable bonds is 7. The molecule has 1 saturated heterocycles. The van der Waals surface area contributed by atoms with Gasteiger partial charge in [-0.2, -0.15) is 0 Å². The van der Waals surface area contributed by atoms with Crippen molar-refractivity contribution in [3.63, 3.8) is 0 Å². The fourth-order valence-electron chi connectivity index (χ4n) is 2.85. The van der Waals surface area contributed by atoms with Crippen molar-refractivity contribution in [2.75, 3.05) is 46.3 Å². The predicted octanol–water partition coefficient (Wildman–Crippen LogP) is -1.41. The quantitative estimate of drug-likeness (QED) is 0.512. The maximum absolute atomic E-state index is 12.4. The highest BCUT2D eigenvalue weighted by Gasteiger charge is 2.36. The van der Waals surface area contributed by atoms with Gasteiger partial charge in [-0.25, -0.2) is 0 Å². The molecule has 1 fully saturated rings. The Morgan fingerprint density at radius 3 is 2.62 bits per heavy atom. The van der Waals surface area contributed by atoms with Gasteiger partial charge in [-0.15, -0.1) is 0 Å². The lowest BCUT2D eigenvalue weighted by Gasteiger charge is -2.30. The van der Waals surface area contributed by atoms with Crippen LogP contribution in [0.25, 0.3) is 0 Å². The number of carbonyl (C=O) groups is 3. The van der Waals surface area contributed by atoms with Gasteiger partial charge >= 0.3 is 5.97 Å². The number of quaternary nitrogens is 1. The lowest BCUT2D eigenvalue weighted by molar-refractivity contribution is -0.909. The van der Waals surface area contributed by atoms with Gasteiger partial charge in [0.25, 0.3) is 11.8 Å². The molecule has 26 heavy (non-hydrogen) atoms. The molecule has 9 nitrogen and oxygen atoms in total. The van der Waals surface area contributed by atoms with Crippen molar-refractivity contribution >= 4 is 23.5 Å². The first-order chi connectivity index (χ1) is 12.5. The molecule has 0 aliphatic carbocycles. The topological polar surface area (TPSA) is 107 Å². The second kappa shape index (κ2) is 9.04. The summed E-state index contributed by atoms with van der Waals surface area (Å²) in [6.45, 7) is 1.06. The van der Waals surface area contributed by atoms with E-state index in [4.69, 9.17) is 9.47 Å². The molecule has 0 saturated carbocycles. The van der Waals surface area contributed by atoms with Gasteiger partial charge in [0.15, 0.2) is 24.1 Å². The SMILES string of the molecule is COC(=O)C[C@H]1C(=O)NCC[NH+]1CC(=O)Nc1ccc(OC)c(OC)c1. The van der Waals surface area contributed by atoms with Gasteiger partial charge in [-0.05, 0) is 12.1 Å². The minimum atomic E-state index is -0.646. The Bertz CT molecular complexity index is 678. The zero-order valence-electron chi connectivity index (χ0n) is 15.1. The van der Waals surface area contributed by atoms with E-state index in [0.29, 0.717) is 30.3 Å². The molecule has 1 aromatic carbocycles. The standard InChI is InChI=1S/C17H23N3O6/c1-24-13-5-4-11(8-14(13)25-2)19-15(21)10-20-7-6-18-17(23)12(20)9-16(22)26-3/h4-5,8,12H,6-7,9-10H2,1-3H3,(H,18,23)(H,19,21)/p+1/t12-/m0/s1. The fraction of sp³-hybridized carbons (Fsp3) is 0.471. The van der Waals surface area contributed by atoms with Crippen LogP contribution in [0.1, 0.15) is 6.42 Å². The van der Waals surface area contributed by atoms with Crippen LogP contribution >= 0.6 is 0 Å². The number of benzene rings is 1. The first-order valence-corrected chi connectivity index (χ1v) is 8.19. The summed E-state index contributed by atoms with van der Waals surface area (Å²) in [5.74, 6) is 0.0535. The van der Waals surface area contributed by atoms with Gasteiger partial charge in [0.05, 0.1) is 34.4 Å². The molecule has 2 atom stereocenters. The number of carbonyl (C=O) groups excluding carboxylic acids is 3. The van der Waals surface area contributed by atoms with E-state index >= 15 is 0 Å². The Labute approximate surface area is 151 Å². The third-order valence-corrected chi connectivity index (χ3v) is 4.21. The van der Waals surface area contributed by atoms with Crippen molar-refractivity contribution < 1.29 is 33.5 Å². The highest BCUT2D eigenvalue weighted by atomic mass is 16.5. The van der Waals surface area contributed by atoms with Gasteiger partial charge in [0.1, 0.15) is 6.42 Å². The molecule has 1 heterocycles. The van der Waals surface area contributed by atoms with Crippen molar-refractivity contribution in [3.05, 3.63) is 18.2 Å². The lowest BCUT2D eigenvalue weighted by atomic mass is 10.1. The highest BCUT2D eigenvalue weighted by molar-refractivity contribution is 5.92. The molecule has 9 heteroatoms. The summed E-state index contributed by atoms with van der Waals surface area (Å²) in [7, 11) is 4.31. The van der Waals surface area contributed by atoms with E-state index in [9.17, 15) is 14.4 Å². The molecule has 0 radical (unpaired) electrons. The zero-order valence-corrected chi connectivity index (χ0v) is 15.1. The monoisotopic (exact) mass is 366 g/mol. The van der Waals surface area contributed by atoms with Gasteiger partial charge in [0.2, 0.25) is 0 Å². The Morgan fingerprint density at radius 2 is 1.96 bits per heavy atom. The average molecular weight is 366 g/mol. The van der Waals surface area contributed by atoms with Crippen LogP contribution in [0.4, 0.5) is 5.69 Å². The summed E-state index contributed by atoms with van der Waals surface area (Å²) in [5, 5.41) is 5.49. The number of methoxy groups -OCH3 is 3. The smallest absolute Gasteiger partial charge is 0.312 e. The molecule has 2 rings (SSSR count). The number of ether oxygens (including phenoxy) is 3. The summed E-state index contributed by atoms with van der Waals surface area (Å²) >= 11 is 0. The van der Waals surface area contributed by atoms with E-state index in [1.807, 2.05) is 0 Å². The molecule has 1 unspecified atom stereocenters.